The van der Waals surface area contributed by atoms with Crippen molar-refractivity contribution < 1.29 is 4.79 Å². The molecule has 0 saturated carbocycles. The topological polar surface area (TPSA) is 76.9 Å². The van der Waals surface area contributed by atoms with Gasteiger partial charge in [-0.2, -0.15) is 10.1 Å². The van der Waals surface area contributed by atoms with Gasteiger partial charge in [-0.25, -0.2) is 9.48 Å². The van der Waals surface area contributed by atoms with Gasteiger partial charge in [-0.05, 0) is 19.1 Å². The maximum atomic E-state index is 12.3. The third-order valence-electron chi connectivity index (χ3n) is 3.57. The Morgan fingerprint density at radius 2 is 1.67 bits per heavy atom. The Labute approximate surface area is 138 Å². The SMILES string of the molecule is C[C@H](C(=O)Nc1ccccc1)n1ncc(-c2ccccc2)nc1=O. The largest absolute Gasteiger partial charge is 0.365 e. The minimum atomic E-state index is -0.768. The van der Waals surface area contributed by atoms with E-state index in [1.165, 1.54) is 6.20 Å². The molecule has 0 spiro atoms. The summed E-state index contributed by atoms with van der Waals surface area (Å²) in [6.07, 6.45) is 1.49. The molecule has 1 atom stereocenters. The lowest BCUT2D eigenvalue weighted by molar-refractivity contribution is -0.119. The second-order valence-corrected chi connectivity index (χ2v) is 5.27. The van der Waals surface area contributed by atoms with Crippen molar-refractivity contribution in [2.45, 2.75) is 13.0 Å². The van der Waals surface area contributed by atoms with Crippen molar-refractivity contribution in [1.82, 2.24) is 14.8 Å². The molecular formula is C18H16N4O2. The van der Waals surface area contributed by atoms with Gasteiger partial charge in [0.05, 0.1) is 11.9 Å². The summed E-state index contributed by atoms with van der Waals surface area (Å²) in [5.74, 6) is -0.329. The number of amides is 1. The zero-order valence-electron chi connectivity index (χ0n) is 13.1. The monoisotopic (exact) mass is 320 g/mol. The van der Waals surface area contributed by atoms with Crippen LogP contribution in [0.4, 0.5) is 5.69 Å². The van der Waals surface area contributed by atoms with E-state index in [0.29, 0.717) is 11.4 Å². The molecule has 3 aromatic rings. The summed E-state index contributed by atoms with van der Waals surface area (Å²) in [6, 6.07) is 17.6. The zero-order chi connectivity index (χ0) is 16.9. The molecule has 0 fully saturated rings. The number of nitrogens with one attached hydrogen (secondary N) is 1. The van der Waals surface area contributed by atoms with Crippen molar-refractivity contribution in [3.8, 4) is 11.3 Å². The van der Waals surface area contributed by atoms with Crippen LogP contribution >= 0.6 is 0 Å². The number of rotatable bonds is 4. The van der Waals surface area contributed by atoms with Gasteiger partial charge in [0, 0.05) is 11.3 Å². The summed E-state index contributed by atoms with van der Waals surface area (Å²) in [5.41, 5.74) is 1.38. The zero-order valence-corrected chi connectivity index (χ0v) is 13.1. The molecule has 3 rings (SSSR count). The van der Waals surface area contributed by atoms with E-state index >= 15 is 0 Å². The molecular weight excluding hydrogens is 304 g/mol. The van der Waals surface area contributed by atoms with E-state index < -0.39 is 11.7 Å². The van der Waals surface area contributed by atoms with Crippen LogP contribution in [0.15, 0.2) is 71.7 Å². The molecule has 120 valence electrons. The molecule has 0 aliphatic heterocycles. The van der Waals surface area contributed by atoms with Crippen molar-refractivity contribution in [1.29, 1.82) is 0 Å². The summed E-state index contributed by atoms with van der Waals surface area (Å²) in [6.45, 7) is 1.61. The van der Waals surface area contributed by atoms with Gasteiger partial charge in [-0.3, -0.25) is 4.79 Å². The number of hydrogen-bond acceptors (Lipinski definition) is 4. The number of hydrogen-bond donors (Lipinski definition) is 1. The van der Waals surface area contributed by atoms with Crippen molar-refractivity contribution in [2.75, 3.05) is 5.32 Å². The highest BCUT2D eigenvalue weighted by Gasteiger charge is 2.18. The Morgan fingerprint density at radius 1 is 1.04 bits per heavy atom. The van der Waals surface area contributed by atoms with Crippen molar-refractivity contribution >= 4 is 11.6 Å². The molecule has 24 heavy (non-hydrogen) atoms. The lowest BCUT2D eigenvalue weighted by atomic mass is 10.2. The highest BCUT2D eigenvalue weighted by molar-refractivity contribution is 5.93. The first-order chi connectivity index (χ1) is 11.6. The molecule has 6 heteroatoms. The summed E-state index contributed by atoms with van der Waals surface area (Å²) in [5, 5.41) is 6.85. The second-order valence-electron chi connectivity index (χ2n) is 5.27. The first-order valence-electron chi connectivity index (χ1n) is 7.52. The molecule has 0 bridgehead atoms. The highest BCUT2D eigenvalue weighted by atomic mass is 16.2. The van der Waals surface area contributed by atoms with Gasteiger partial charge in [0.15, 0.2) is 0 Å². The second kappa shape index (κ2) is 6.87. The van der Waals surface area contributed by atoms with Crippen LogP contribution in [0.5, 0.6) is 0 Å². The molecule has 0 radical (unpaired) electrons. The van der Waals surface area contributed by atoms with E-state index in [9.17, 15) is 9.59 Å². The van der Waals surface area contributed by atoms with Crippen LogP contribution < -0.4 is 11.0 Å². The molecule has 1 amide bonds. The van der Waals surface area contributed by atoms with Crippen LogP contribution in [0.1, 0.15) is 13.0 Å². The molecule has 6 nitrogen and oxygen atoms in total. The Morgan fingerprint density at radius 3 is 2.29 bits per heavy atom. The van der Waals surface area contributed by atoms with E-state index in [1.54, 1.807) is 19.1 Å². The van der Waals surface area contributed by atoms with E-state index in [1.807, 2.05) is 48.5 Å². The fraction of sp³-hybridized carbons (Fsp3) is 0.111. The van der Waals surface area contributed by atoms with Gasteiger partial charge >= 0.3 is 5.69 Å². The van der Waals surface area contributed by atoms with Crippen molar-refractivity contribution in [2.24, 2.45) is 0 Å². The smallest absolute Gasteiger partial charge is 0.324 e. The van der Waals surface area contributed by atoms with E-state index in [2.05, 4.69) is 15.4 Å². The summed E-state index contributed by atoms with van der Waals surface area (Å²) in [4.78, 5) is 28.5. The number of anilines is 1. The number of benzene rings is 2. The normalized spacial score (nSPS) is 11.7. The number of para-hydroxylation sites is 1. The summed E-state index contributed by atoms with van der Waals surface area (Å²) < 4.78 is 1.07. The quantitative estimate of drug-likeness (QED) is 0.801. The molecule has 2 aromatic carbocycles. The molecule has 0 aliphatic rings. The average Bonchev–Trinajstić information content (AvgIpc) is 2.62. The number of carbonyl (C=O) groups is 1. The Kier molecular flexibility index (Phi) is 4.47. The van der Waals surface area contributed by atoms with E-state index in [-0.39, 0.29) is 5.91 Å². The van der Waals surface area contributed by atoms with Gasteiger partial charge < -0.3 is 5.32 Å². The third-order valence-corrected chi connectivity index (χ3v) is 3.57. The Hall–Kier alpha value is -3.28. The van der Waals surface area contributed by atoms with Gasteiger partial charge in [-0.15, -0.1) is 0 Å². The third kappa shape index (κ3) is 3.38. The predicted molar refractivity (Wildman–Crippen MR) is 91.5 cm³/mol. The maximum absolute atomic E-state index is 12.3. The first kappa shape index (κ1) is 15.6. The molecule has 0 aliphatic carbocycles. The van der Waals surface area contributed by atoms with Gasteiger partial charge in [0.25, 0.3) is 0 Å². The lowest BCUT2D eigenvalue weighted by Crippen LogP contribution is -2.34. The molecule has 0 saturated heterocycles. The number of nitrogens with zero attached hydrogens (tertiary/aromatic N) is 3. The van der Waals surface area contributed by atoms with Crippen LogP contribution in [0, 0.1) is 0 Å². The standard InChI is InChI=1S/C18H16N4O2/c1-13(17(23)20-15-10-6-3-7-11-15)22-18(24)21-16(12-19-22)14-8-4-2-5-9-14/h2-13H,1H3,(H,20,23)/t13-/m1/s1. The molecule has 1 N–H and O–H groups in total. The van der Waals surface area contributed by atoms with Gasteiger partial charge in [-0.1, -0.05) is 48.5 Å². The predicted octanol–water partition coefficient (Wildman–Crippen LogP) is 2.51. The van der Waals surface area contributed by atoms with Crippen molar-refractivity contribution in [3.05, 3.63) is 77.3 Å². The van der Waals surface area contributed by atoms with Crippen LogP contribution in [0.2, 0.25) is 0 Å². The van der Waals surface area contributed by atoms with Crippen LogP contribution in [0.3, 0.4) is 0 Å². The summed E-state index contributed by atoms with van der Waals surface area (Å²) in [7, 11) is 0. The molecule has 1 heterocycles. The van der Waals surface area contributed by atoms with Crippen molar-refractivity contribution in [3.63, 3.8) is 0 Å². The number of carbonyl (C=O) groups excluding carboxylic acids is 1. The number of aromatic nitrogens is 3. The van der Waals surface area contributed by atoms with E-state index in [4.69, 9.17) is 0 Å². The Balaban J connectivity index is 1.81. The van der Waals surface area contributed by atoms with Crippen LogP contribution in [0.25, 0.3) is 11.3 Å². The minimum Gasteiger partial charge on any atom is -0.324 e. The maximum Gasteiger partial charge on any atom is 0.365 e. The fourth-order valence-electron chi connectivity index (χ4n) is 2.24. The summed E-state index contributed by atoms with van der Waals surface area (Å²) >= 11 is 0. The van der Waals surface area contributed by atoms with Gasteiger partial charge in [0.2, 0.25) is 5.91 Å². The average molecular weight is 320 g/mol. The van der Waals surface area contributed by atoms with Crippen LogP contribution in [-0.4, -0.2) is 20.7 Å². The minimum absolute atomic E-state index is 0.329. The van der Waals surface area contributed by atoms with E-state index in [0.717, 1.165) is 10.2 Å². The molecule has 1 aromatic heterocycles. The highest BCUT2D eigenvalue weighted by Crippen LogP contribution is 2.14. The fourth-order valence-corrected chi connectivity index (χ4v) is 2.24. The lowest BCUT2D eigenvalue weighted by Gasteiger charge is -2.13. The van der Waals surface area contributed by atoms with Crippen LogP contribution in [-0.2, 0) is 4.79 Å². The first-order valence-corrected chi connectivity index (χ1v) is 7.52. The van der Waals surface area contributed by atoms with Gasteiger partial charge in [0.1, 0.15) is 6.04 Å². The Bertz CT molecular complexity index is 892. The molecule has 0 unspecified atom stereocenters.